The summed E-state index contributed by atoms with van der Waals surface area (Å²) in [6.07, 6.45) is 9.00. The Hall–Kier alpha value is -1.19. The van der Waals surface area contributed by atoms with Gasteiger partial charge in [0.2, 0.25) is 0 Å². The zero-order valence-electron chi connectivity index (χ0n) is 18.7. The lowest BCUT2D eigenvalue weighted by atomic mass is 9.44. The van der Waals surface area contributed by atoms with Crippen LogP contribution in [0.5, 0.6) is 0 Å². The summed E-state index contributed by atoms with van der Waals surface area (Å²) in [4.78, 5) is 37.4. The monoisotopic (exact) mass is 402 g/mol. The summed E-state index contributed by atoms with van der Waals surface area (Å²) in [5, 5.41) is 0. The lowest BCUT2D eigenvalue weighted by molar-refractivity contribution is -0.159. The Kier molecular flexibility index (Phi) is 5.44. The predicted molar refractivity (Wildman–Crippen MR) is 111 cm³/mol. The first kappa shape index (κ1) is 21.1. The highest BCUT2D eigenvalue weighted by Crippen LogP contribution is 2.67. The van der Waals surface area contributed by atoms with Crippen molar-refractivity contribution in [2.24, 2.45) is 46.3 Å². The van der Waals surface area contributed by atoms with Gasteiger partial charge in [-0.25, -0.2) is 0 Å². The number of hydrogen-bond donors (Lipinski definition) is 0. The van der Waals surface area contributed by atoms with Crippen LogP contribution in [0.25, 0.3) is 0 Å². The molecule has 4 saturated carbocycles. The number of ketones is 2. The molecule has 0 N–H and O–H groups in total. The van der Waals surface area contributed by atoms with Crippen molar-refractivity contribution in [2.75, 3.05) is 7.11 Å². The number of methoxy groups -OCH3 is 1. The Labute approximate surface area is 175 Å². The smallest absolute Gasteiger partial charge is 0.305 e. The second kappa shape index (κ2) is 7.50. The Balaban J connectivity index is 1.55. The van der Waals surface area contributed by atoms with Crippen LogP contribution in [-0.4, -0.2) is 24.6 Å². The molecule has 4 fully saturated rings. The molecule has 0 unspecified atom stereocenters. The van der Waals surface area contributed by atoms with E-state index in [1.807, 2.05) is 0 Å². The maximum atomic E-state index is 13.7. The number of carbonyl (C=O) groups is 3. The number of fused-ring (bicyclic) bond motifs is 5. The van der Waals surface area contributed by atoms with Crippen molar-refractivity contribution in [1.29, 1.82) is 0 Å². The van der Waals surface area contributed by atoms with Gasteiger partial charge < -0.3 is 4.74 Å². The minimum absolute atomic E-state index is 0.148. The molecule has 4 heteroatoms. The number of esters is 1. The Bertz CT molecular complexity index is 699. The summed E-state index contributed by atoms with van der Waals surface area (Å²) in [5.41, 5.74) is -0.0627. The van der Waals surface area contributed by atoms with Crippen LogP contribution in [-0.2, 0) is 19.1 Å². The van der Waals surface area contributed by atoms with E-state index in [9.17, 15) is 14.4 Å². The summed E-state index contributed by atoms with van der Waals surface area (Å²) in [5.74, 6) is 3.55. The fourth-order valence-corrected chi connectivity index (χ4v) is 8.34. The molecule has 0 aromatic carbocycles. The third kappa shape index (κ3) is 3.20. The molecule has 0 bridgehead atoms. The molecule has 4 nitrogen and oxygen atoms in total. The van der Waals surface area contributed by atoms with Crippen molar-refractivity contribution in [3.05, 3.63) is 0 Å². The van der Waals surface area contributed by atoms with Gasteiger partial charge in [0.25, 0.3) is 0 Å². The zero-order valence-corrected chi connectivity index (χ0v) is 18.7. The normalized spacial score (nSPS) is 45.2. The van der Waals surface area contributed by atoms with Crippen molar-refractivity contribution >= 4 is 17.5 Å². The van der Waals surface area contributed by atoms with E-state index >= 15 is 0 Å². The lowest BCUT2D eigenvalue weighted by Crippen LogP contribution is -2.57. The van der Waals surface area contributed by atoms with E-state index in [1.54, 1.807) is 0 Å². The zero-order chi connectivity index (χ0) is 21.0. The highest BCUT2D eigenvalue weighted by molar-refractivity contribution is 5.87. The van der Waals surface area contributed by atoms with Crippen LogP contribution in [0.1, 0.15) is 85.0 Å². The fourth-order valence-electron chi connectivity index (χ4n) is 8.34. The van der Waals surface area contributed by atoms with Crippen molar-refractivity contribution in [3.8, 4) is 0 Å². The van der Waals surface area contributed by atoms with Gasteiger partial charge in [-0.1, -0.05) is 20.8 Å². The van der Waals surface area contributed by atoms with Crippen LogP contribution in [0.2, 0.25) is 0 Å². The van der Waals surface area contributed by atoms with E-state index in [-0.39, 0.29) is 16.8 Å². The first-order valence-electron chi connectivity index (χ1n) is 11.8. The quantitative estimate of drug-likeness (QED) is 0.622. The van der Waals surface area contributed by atoms with Gasteiger partial charge in [-0.15, -0.1) is 0 Å². The van der Waals surface area contributed by atoms with Gasteiger partial charge in [-0.3, -0.25) is 14.4 Å². The number of rotatable bonds is 4. The van der Waals surface area contributed by atoms with Gasteiger partial charge in [0.15, 0.2) is 0 Å². The summed E-state index contributed by atoms with van der Waals surface area (Å²) >= 11 is 0. The summed E-state index contributed by atoms with van der Waals surface area (Å²) < 4.78 is 4.83. The van der Waals surface area contributed by atoms with Gasteiger partial charge >= 0.3 is 5.97 Å². The average Bonchev–Trinajstić information content (AvgIpc) is 3.06. The van der Waals surface area contributed by atoms with Crippen molar-refractivity contribution < 1.29 is 19.1 Å². The van der Waals surface area contributed by atoms with Crippen molar-refractivity contribution in [2.45, 2.75) is 85.0 Å². The van der Waals surface area contributed by atoms with E-state index in [0.717, 1.165) is 38.5 Å². The average molecular weight is 403 g/mol. The topological polar surface area (TPSA) is 60.4 Å². The van der Waals surface area contributed by atoms with E-state index < -0.39 is 0 Å². The highest BCUT2D eigenvalue weighted by atomic mass is 16.5. The molecular formula is C25H38O4. The number of carbonyl (C=O) groups excluding carboxylic acids is 3. The van der Waals surface area contributed by atoms with Gasteiger partial charge in [-0.05, 0) is 79.4 Å². The standard InChI is InChI=1S/C25H38O4/c1-15(5-10-23(28)29-4)19-8-9-20-18-7-6-16-13-17(26)11-12-24(16,2)21(18)14-22(27)25(19,20)3/h15-16,18-21H,5-14H2,1-4H3/t15-,16-,18+,19-,20+,21+,24-,25-/m0/s1. The van der Waals surface area contributed by atoms with E-state index in [2.05, 4.69) is 20.8 Å². The van der Waals surface area contributed by atoms with Gasteiger partial charge in [0.05, 0.1) is 7.11 Å². The fraction of sp³-hybridized carbons (Fsp3) is 0.880. The minimum atomic E-state index is -0.232. The van der Waals surface area contributed by atoms with E-state index in [1.165, 1.54) is 13.5 Å². The molecule has 0 aromatic heterocycles. The molecule has 0 radical (unpaired) electrons. The molecule has 0 amide bonds. The lowest BCUT2D eigenvalue weighted by Gasteiger charge is -2.59. The molecule has 4 aliphatic rings. The van der Waals surface area contributed by atoms with Crippen LogP contribution in [0.3, 0.4) is 0 Å². The Morgan fingerprint density at radius 2 is 1.86 bits per heavy atom. The molecule has 4 aliphatic carbocycles. The Morgan fingerprint density at radius 1 is 1.10 bits per heavy atom. The molecule has 4 rings (SSSR count). The maximum absolute atomic E-state index is 13.7. The molecule has 162 valence electrons. The molecule has 0 aromatic rings. The third-order valence-corrected chi connectivity index (χ3v) is 10.1. The Morgan fingerprint density at radius 3 is 2.59 bits per heavy atom. The maximum Gasteiger partial charge on any atom is 0.305 e. The number of ether oxygens (including phenoxy) is 1. The van der Waals surface area contributed by atoms with Gasteiger partial charge in [0.1, 0.15) is 11.6 Å². The largest absolute Gasteiger partial charge is 0.469 e. The first-order chi connectivity index (χ1) is 13.7. The SMILES string of the molecule is COC(=O)CC[C@H](C)[C@@H]1CC[C@@H]2[C@H]3CC[C@H]4CC(=O)CC[C@]4(C)[C@@H]3CC(=O)[C@]21C. The van der Waals surface area contributed by atoms with Crippen LogP contribution in [0.15, 0.2) is 0 Å². The van der Waals surface area contributed by atoms with Crippen LogP contribution >= 0.6 is 0 Å². The number of Topliss-reactive ketones (excluding diaryl/α,β-unsaturated/α-hetero) is 2. The molecular weight excluding hydrogens is 364 g/mol. The summed E-state index contributed by atoms with van der Waals surface area (Å²) in [6, 6.07) is 0. The highest BCUT2D eigenvalue weighted by Gasteiger charge is 2.63. The van der Waals surface area contributed by atoms with Crippen LogP contribution in [0.4, 0.5) is 0 Å². The van der Waals surface area contributed by atoms with E-state index in [0.29, 0.717) is 66.3 Å². The second-order valence-corrected chi connectivity index (χ2v) is 11.1. The van der Waals surface area contributed by atoms with Gasteiger partial charge in [0, 0.05) is 31.1 Å². The molecule has 0 heterocycles. The van der Waals surface area contributed by atoms with Crippen LogP contribution in [0, 0.1) is 46.3 Å². The minimum Gasteiger partial charge on any atom is -0.469 e. The molecule has 0 aliphatic heterocycles. The van der Waals surface area contributed by atoms with E-state index in [4.69, 9.17) is 4.74 Å². The second-order valence-electron chi connectivity index (χ2n) is 11.1. The first-order valence-corrected chi connectivity index (χ1v) is 11.8. The third-order valence-electron chi connectivity index (χ3n) is 10.1. The summed E-state index contributed by atoms with van der Waals surface area (Å²) in [7, 11) is 1.44. The van der Waals surface area contributed by atoms with Gasteiger partial charge in [-0.2, -0.15) is 0 Å². The molecule has 0 spiro atoms. The van der Waals surface area contributed by atoms with Crippen molar-refractivity contribution in [1.82, 2.24) is 0 Å². The summed E-state index contributed by atoms with van der Waals surface area (Å²) in [6.45, 7) is 6.87. The van der Waals surface area contributed by atoms with Crippen molar-refractivity contribution in [3.63, 3.8) is 0 Å². The molecule has 0 saturated heterocycles. The van der Waals surface area contributed by atoms with Crippen LogP contribution < -0.4 is 0 Å². The predicted octanol–water partition coefficient (Wildman–Crippen LogP) is 4.98. The number of hydrogen-bond acceptors (Lipinski definition) is 4. The molecule has 8 atom stereocenters. The molecule has 29 heavy (non-hydrogen) atoms.